The van der Waals surface area contributed by atoms with Crippen LogP contribution in [-0.2, 0) is 23.8 Å². The Morgan fingerprint density at radius 1 is 0.699 bits per heavy atom. The highest BCUT2D eigenvalue weighted by Gasteiger charge is 2.34. The van der Waals surface area contributed by atoms with E-state index in [9.17, 15) is 29.4 Å². The van der Waals surface area contributed by atoms with Gasteiger partial charge in [0.15, 0.2) is 5.82 Å². The maximum Gasteiger partial charge on any atom is 0.340 e. The number of carboxylic acid groups (broad SMARTS) is 1. The van der Waals surface area contributed by atoms with Gasteiger partial charge in [0.2, 0.25) is 17.7 Å². The first kappa shape index (κ1) is 58.2. The molecule has 4 aromatic rings. The fourth-order valence-corrected chi connectivity index (χ4v) is 9.30. The minimum absolute atomic E-state index is 0.00727. The van der Waals surface area contributed by atoms with Gasteiger partial charge in [0.05, 0.1) is 80.8 Å². The van der Waals surface area contributed by atoms with Crippen LogP contribution in [-0.4, -0.2) is 126 Å². The monoisotopic (exact) mass is 1050 g/mol. The molecule has 18 nitrogen and oxygen atoms in total. The van der Waals surface area contributed by atoms with Crippen LogP contribution < -0.4 is 24.8 Å². The number of carbonyl (C=O) groups is 4. The minimum Gasteiger partial charge on any atom is -0.508 e. The van der Waals surface area contributed by atoms with Crippen molar-refractivity contribution in [3.05, 3.63) is 82.6 Å². The fourth-order valence-electron chi connectivity index (χ4n) is 8.97. The molecule has 4 aliphatic rings. The summed E-state index contributed by atoms with van der Waals surface area (Å²) in [5.74, 6) is 0.816. The highest BCUT2D eigenvalue weighted by atomic mass is 35.5. The molecule has 2 aliphatic heterocycles. The number of amides is 2. The SMILES string of the molecule is C1COCCN1.CC1CCC(C(=O)N(c2ccc(Oc3cncc(N4CCOCC4)n3)cc2C(=O)O)C(C)C)CC1.COC(=O)c1cc(O)ccc1N(C(=O)C1CCC(C)CC1)C(C)C.Clc1cncc(Cl)n1. The minimum atomic E-state index is -1.12. The quantitative estimate of drug-likeness (QED) is 0.119. The van der Waals surface area contributed by atoms with E-state index in [1.807, 2.05) is 27.7 Å². The lowest BCUT2D eigenvalue weighted by Crippen LogP contribution is -2.43. The van der Waals surface area contributed by atoms with Gasteiger partial charge in [-0.2, -0.15) is 4.98 Å². The van der Waals surface area contributed by atoms with Gasteiger partial charge in [0, 0.05) is 50.1 Å². The molecule has 398 valence electrons. The molecule has 0 spiro atoms. The van der Waals surface area contributed by atoms with Gasteiger partial charge in [-0.3, -0.25) is 19.6 Å². The van der Waals surface area contributed by atoms with Crippen LogP contribution in [0.4, 0.5) is 17.2 Å². The molecule has 4 fully saturated rings. The smallest absolute Gasteiger partial charge is 0.340 e. The van der Waals surface area contributed by atoms with Crippen LogP contribution in [0.3, 0.4) is 0 Å². The topological polar surface area (TPSA) is 219 Å². The van der Waals surface area contributed by atoms with E-state index in [2.05, 4.69) is 44.0 Å². The standard InChI is InChI=1S/C26H34N4O5.C19H27NO4.C4H2Cl2N2.C4H9NO/c1-17(2)30(25(31)19-6-4-18(3)5-7-19)22-9-8-20(14-21(22)26(32)33)35-24-16-27-15-23(28-24)29-10-12-34-13-11-29;1-12(2)20(18(22)14-7-5-13(3)6-8-14)17-10-9-15(21)11-16(17)19(23)24-4;5-3-1-7-2-4(6)8-3;1-3-6-4-2-5-1/h8-9,14-19H,4-7,10-13H2,1-3H3,(H,32,33);9-14,21H,5-8H2,1-4H3;1-2H;5H,1-4H2. The summed E-state index contributed by atoms with van der Waals surface area (Å²) in [6, 6.07) is 8.97. The molecule has 2 amide bonds. The first-order valence-corrected chi connectivity index (χ1v) is 25.9. The van der Waals surface area contributed by atoms with Crippen LogP contribution >= 0.6 is 23.2 Å². The zero-order valence-corrected chi connectivity index (χ0v) is 44.6. The zero-order valence-electron chi connectivity index (χ0n) is 43.1. The van der Waals surface area contributed by atoms with Gasteiger partial charge in [-0.25, -0.2) is 14.6 Å². The molecule has 0 unspecified atom stereocenters. The van der Waals surface area contributed by atoms with E-state index in [0.29, 0.717) is 58.3 Å². The number of morpholine rings is 2. The second-order valence-electron chi connectivity index (χ2n) is 19.1. The predicted molar refractivity (Wildman–Crippen MR) is 281 cm³/mol. The molecular weight excluding hydrogens is 980 g/mol. The summed E-state index contributed by atoms with van der Waals surface area (Å²) in [4.78, 5) is 72.3. The Hall–Kier alpha value is -5.66. The molecule has 2 aromatic carbocycles. The van der Waals surface area contributed by atoms with Gasteiger partial charge in [-0.1, -0.05) is 37.0 Å². The maximum atomic E-state index is 13.5. The number of ether oxygens (including phenoxy) is 4. The number of nitrogens with one attached hydrogen (secondary N) is 1. The molecule has 73 heavy (non-hydrogen) atoms. The van der Waals surface area contributed by atoms with E-state index in [1.165, 1.54) is 43.9 Å². The van der Waals surface area contributed by atoms with Crippen molar-refractivity contribution in [1.82, 2.24) is 25.3 Å². The van der Waals surface area contributed by atoms with Gasteiger partial charge >= 0.3 is 11.9 Å². The van der Waals surface area contributed by atoms with E-state index in [0.717, 1.165) is 90.8 Å². The number of esters is 1. The molecular formula is C53H72Cl2N8O10. The number of halogens is 2. The van der Waals surface area contributed by atoms with Gasteiger partial charge in [-0.05, 0) is 127 Å². The summed E-state index contributed by atoms with van der Waals surface area (Å²) in [6.45, 7) is 18.6. The van der Waals surface area contributed by atoms with E-state index in [4.69, 9.17) is 42.1 Å². The average Bonchev–Trinajstić information content (AvgIpc) is 3.38. The largest absolute Gasteiger partial charge is 0.508 e. The molecule has 8 rings (SSSR count). The summed E-state index contributed by atoms with van der Waals surface area (Å²) in [5.41, 5.74) is 1.12. The number of hydrogen-bond donors (Lipinski definition) is 3. The number of aromatic nitrogens is 4. The molecule has 0 radical (unpaired) electrons. The lowest BCUT2D eigenvalue weighted by atomic mass is 9.82. The van der Waals surface area contributed by atoms with Crippen LogP contribution in [0.2, 0.25) is 10.3 Å². The number of aromatic hydroxyl groups is 1. The number of benzene rings is 2. The molecule has 0 bridgehead atoms. The number of anilines is 3. The predicted octanol–water partition coefficient (Wildman–Crippen LogP) is 9.51. The van der Waals surface area contributed by atoms with Gasteiger partial charge in [-0.15, -0.1) is 0 Å². The van der Waals surface area contributed by atoms with Crippen molar-refractivity contribution in [1.29, 1.82) is 0 Å². The van der Waals surface area contributed by atoms with E-state index in [1.54, 1.807) is 34.2 Å². The highest BCUT2D eigenvalue weighted by Crippen LogP contribution is 2.36. The van der Waals surface area contributed by atoms with Gasteiger partial charge < -0.3 is 49.2 Å². The Morgan fingerprint density at radius 2 is 1.21 bits per heavy atom. The van der Waals surface area contributed by atoms with Crippen molar-refractivity contribution >= 4 is 64.1 Å². The summed E-state index contributed by atoms with van der Waals surface area (Å²) in [7, 11) is 1.29. The van der Waals surface area contributed by atoms with Gasteiger partial charge in [0.25, 0.3) is 0 Å². The van der Waals surface area contributed by atoms with Crippen LogP contribution in [0.25, 0.3) is 0 Å². The van der Waals surface area contributed by atoms with Crippen molar-refractivity contribution < 1.29 is 48.3 Å². The first-order chi connectivity index (χ1) is 35.0. The van der Waals surface area contributed by atoms with Crippen molar-refractivity contribution in [2.24, 2.45) is 23.7 Å². The summed E-state index contributed by atoms with van der Waals surface area (Å²) < 4.78 is 21.1. The van der Waals surface area contributed by atoms with Crippen LogP contribution in [0, 0.1) is 23.7 Å². The number of hydrogen-bond acceptors (Lipinski definition) is 15. The molecule has 3 N–H and O–H groups in total. The molecule has 2 aliphatic carbocycles. The number of carbonyl (C=O) groups excluding carboxylic acids is 3. The Bertz CT molecular complexity index is 2380. The second kappa shape index (κ2) is 29.3. The van der Waals surface area contributed by atoms with Crippen molar-refractivity contribution in [3.8, 4) is 17.4 Å². The Labute approximate surface area is 439 Å². The molecule has 4 heterocycles. The zero-order chi connectivity index (χ0) is 53.0. The van der Waals surface area contributed by atoms with E-state index < -0.39 is 11.9 Å². The Balaban J connectivity index is 0.000000221. The second-order valence-corrected chi connectivity index (χ2v) is 19.9. The number of phenols is 1. The van der Waals surface area contributed by atoms with Crippen molar-refractivity contribution in [3.63, 3.8) is 0 Å². The maximum absolute atomic E-state index is 13.5. The number of rotatable bonds is 11. The lowest BCUT2D eigenvalue weighted by Gasteiger charge is -2.34. The van der Waals surface area contributed by atoms with Gasteiger partial charge in [0.1, 0.15) is 21.8 Å². The van der Waals surface area contributed by atoms with E-state index >= 15 is 0 Å². The number of carboxylic acids is 1. The summed E-state index contributed by atoms with van der Waals surface area (Å²) >= 11 is 10.8. The van der Waals surface area contributed by atoms with Crippen molar-refractivity contribution in [2.75, 3.05) is 74.4 Å². The number of aromatic carboxylic acids is 1. The van der Waals surface area contributed by atoms with Crippen molar-refractivity contribution in [2.45, 2.75) is 105 Å². The molecule has 2 saturated carbocycles. The summed E-state index contributed by atoms with van der Waals surface area (Å²) in [6.07, 6.45) is 13.6. The third-order valence-corrected chi connectivity index (χ3v) is 13.3. The molecule has 2 saturated heterocycles. The third kappa shape index (κ3) is 17.8. The molecule has 20 heteroatoms. The normalized spacial score (nSPS) is 19.6. The van der Waals surface area contributed by atoms with Crippen LogP contribution in [0.15, 0.2) is 61.2 Å². The number of methoxy groups -OCH3 is 1. The van der Waals surface area contributed by atoms with Crippen LogP contribution in [0.1, 0.15) is 114 Å². The molecule has 2 aromatic heterocycles. The third-order valence-electron chi connectivity index (χ3n) is 12.9. The summed E-state index contributed by atoms with van der Waals surface area (Å²) in [5, 5.41) is 23.5. The highest BCUT2D eigenvalue weighted by molar-refractivity contribution is 6.32. The Morgan fingerprint density at radius 3 is 1.66 bits per heavy atom. The first-order valence-electron chi connectivity index (χ1n) is 25.2. The average molecular weight is 1050 g/mol. The van der Waals surface area contributed by atoms with Crippen LogP contribution in [0.5, 0.6) is 17.4 Å². The number of nitrogens with zero attached hydrogens (tertiary/aromatic N) is 7. The Kier molecular flexibility index (Phi) is 23.4. The molecule has 0 atom stereocenters. The lowest BCUT2D eigenvalue weighted by molar-refractivity contribution is -0.124. The fraction of sp³-hybridized carbons (Fsp3) is 0.547. The van der Waals surface area contributed by atoms with E-state index in [-0.39, 0.29) is 58.5 Å². The number of phenolic OH excluding ortho intramolecular Hbond substituents is 1.